The highest BCUT2D eigenvalue weighted by Crippen LogP contribution is 2.24. The van der Waals surface area contributed by atoms with Crippen molar-refractivity contribution in [1.82, 2.24) is 15.1 Å². The quantitative estimate of drug-likeness (QED) is 0.721. The van der Waals surface area contributed by atoms with E-state index in [9.17, 15) is 4.79 Å². The summed E-state index contributed by atoms with van der Waals surface area (Å²) in [5.41, 5.74) is 2.28. The predicted octanol–water partition coefficient (Wildman–Crippen LogP) is 0.0812. The lowest BCUT2D eigenvalue weighted by Crippen LogP contribution is -2.39. The summed E-state index contributed by atoms with van der Waals surface area (Å²) in [5, 5.41) is 17.9. The molecule has 16 heavy (non-hydrogen) atoms. The van der Waals surface area contributed by atoms with Gasteiger partial charge in [0, 0.05) is 30.6 Å². The van der Waals surface area contributed by atoms with E-state index in [1.807, 2.05) is 13.2 Å². The van der Waals surface area contributed by atoms with E-state index in [2.05, 4.69) is 25.9 Å². The highest BCUT2D eigenvalue weighted by atomic mass is 16.2. The number of rotatable bonds is 1. The lowest BCUT2D eigenvalue weighted by Gasteiger charge is -2.16. The van der Waals surface area contributed by atoms with Crippen LogP contribution in [0.4, 0.5) is 0 Å². The Morgan fingerprint density at radius 2 is 2.38 bits per heavy atom. The van der Waals surface area contributed by atoms with Crippen molar-refractivity contribution in [2.75, 3.05) is 0 Å². The summed E-state index contributed by atoms with van der Waals surface area (Å²) in [4.78, 5) is 11.4. The molecule has 2 aliphatic heterocycles. The van der Waals surface area contributed by atoms with Gasteiger partial charge in [-0.3, -0.25) is 9.48 Å². The van der Waals surface area contributed by atoms with E-state index in [4.69, 9.17) is 0 Å². The number of carbonyl (C=O) groups is 1. The van der Waals surface area contributed by atoms with Gasteiger partial charge in [-0.2, -0.15) is 5.10 Å². The normalized spacial score (nSPS) is 22.6. The van der Waals surface area contributed by atoms with Crippen LogP contribution in [0.25, 0.3) is 5.57 Å². The van der Waals surface area contributed by atoms with Crippen LogP contribution in [0.3, 0.4) is 0 Å². The van der Waals surface area contributed by atoms with Crippen LogP contribution < -0.4 is 5.32 Å². The fourth-order valence-electron chi connectivity index (χ4n) is 1.70. The molecule has 7 nitrogen and oxygen atoms in total. The first-order valence-electron chi connectivity index (χ1n) is 4.73. The van der Waals surface area contributed by atoms with Crippen molar-refractivity contribution >= 4 is 17.2 Å². The summed E-state index contributed by atoms with van der Waals surface area (Å²) in [6.07, 6.45) is 5.17. The maximum absolute atomic E-state index is 11.4. The third-order valence-electron chi connectivity index (χ3n) is 2.48. The second kappa shape index (κ2) is 3.09. The van der Waals surface area contributed by atoms with Gasteiger partial charge in [-0.15, -0.1) is 10.2 Å². The number of hydrogen-bond acceptors (Lipinski definition) is 5. The van der Waals surface area contributed by atoms with Gasteiger partial charge in [0.05, 0.1) is 6.20 Å². The first-order valence-corrected chi connectivity index (χ1v) is 4.73. The molecule has 0 radical (unpaired) electrons. The largest absolute Gasteiger partial charge is 0.330 e. The molecule has 0 fully saturated rings. The summed E-state index contributed by atoms with van der Waals surface area (Å²) >= 11 is 0. The van der Waals surface area contributed by atoms with E-state index in [1.54, 1.807) is 17.1 Å². The third kappa shape index (κ3) is 1.18. The van der Waals surface area contributed by atoms with Gasteiger partial charge in [-0.1, -0.05) is 0 Å². The van der Waals surface area contributed by atoms with Gasteiger partial charge < -0.3 is 5.32 Å². The van der Waals surface area contributed by atoms with E-state index < -0.39 is 6.04 Å². The summed E-state index contributed by atoms with van der Waals surface area (Å²) < 4.78 is 1.69. The van der Waals surface area contributed by atoms with Crippen LogP contribution in [0.5, 0.6) is 0 Å². The number of aryl methyl sites for hydroxylation is 1. The van der Waals surface area contributed by atoms with Gasteiger partial charge in [-0.05, 0) is 5.22 Å². The van der Waals surface area contributed by atoms with Gasteiger partial charge in [0.2, 0.25) is 0 Å². The van der Waals surface area contributed by atoms with Crippen LogP contribution in [0.15, 0.2) is 34.0 Å². The molecular formula is C9H8N6O. The highest BCUT2D eigenvalue weighted by Gasteiger charge is 2.34. The summed E-state index contributed by atoms with van der Waals surface area (Å²) in [6, 6.07) is -0.611. The van der Waals surface area contributed by atoms with E-state index in [1.165, 1.54) is 0 Å². The Labute approximate surface area is 90.6 Å². The smallest absolute Gasteiger partial charge is 0.257 e. The van der Waals surface area contributed by atoms with Crippen LogP contribution in [0.1, 0.15) is 5.56 Å². The molecule has 1 aromatic heterocycles. The lowest BCUT2D eigenvalue weighted by molar-refractivity contribution is -0.120. The van der Waals surface area contributed by atoms with Crippen LogP contribution >= 0.6 is 0 Å². The van der Waals surface area contributed by atoms with E-state index in [0.717, 1.165) is 11.1 Å². The van der Waals surface area contributed by atoms with Crippen LogP contribution in [0.2, 0.25) is 0 Å². The van der Waals surface area contributed by atoms with Gasteiger partial charge in [0.15, 0.2) is 6.04 Å². The van der Waals surface area contributed by atoms with Gasteiger partial charge in [-0.25, -0.2) is 0 Å². The Morgan fingerprint density at radius 3 is 3.12 bits per heavy atom. The Kier molecular flexibility index (Phi) is 1.73. The molecular weight excluding hydrogens is 208 g/mol. The molecule has 1 N–H and O–H groups in total. The summed E-state index contributed by atoms with van der Waals surface area (Å²) in [7, 11) is 1.83. The number of aromatic nitrogens is 2. The van der Waals surface area contributed by atoms with Gasteiger partial charge >= 0.3 is 0 Å². The molecule has 1 aromatic rings. The second-order valence-corrected chi connectivity index (χ2v) is 3.56. The Balaban J connectivity index is 2.06. The van der Waals surface area contributed by atoms with Crippen molar-refractivity contribution in [2.45, 2.75) is 6.04 Å². The second-order valence-electron chi connectivity index (χ2n) is 3.56. The predicted molar refractivity (Wildman–Crippen MR) is 55.4 cm³/mol. The molecule has 0 saturated carbocycles. The minimum absolute atomic E-state index is 0.201. The van der Waals surface area contributed by atoms with Gasteiger partial charge in [0.1, 0.15) is 5.71 Å². The van der Waals surface area contributed by atoms with Crippen molar-refractivity contribution in [1.29, 1.82) is 0 Å². The number of fused-ring (bicyclic) bond motifs is 1. The third-order valence-corrected chi connectivity index (χ3v) is 2.48. The monoisotopic (exact) mass is 216 g/mol. The minimum atomic E-state index is -0.611. The lowest BCUT2D eigenvalue weighted by atomic mass is 9.97. The van der Waals surface area contributed by atoms with Crippen LogP contribution in [-0.2, 0) is 11.8 Å². The molecule has 1 amide bonds. The Bertz CT molecular complexity index is 552. The molecule has 80 valence electrons. The molecule has 0 aromatic carbocycles. The standard InChI is InChI=1S/C9H8N6O/c1-15-4-5(2-11-15)6-3-10-9(16)8-7(6)12-14-13-8/h2-4,8H,1H3,(H,10,16). The first-order chi connectivity index (χ1) is 7.75. The SMILES string of the molecule is Cn1cc(C2=CNC(=O)C3N=NN=C23)cn1. The van der Waals surface area contributed by atoms with Crippen LogP contribution in [0, 0.1) is 0 Å². The van der Waals surface area contributed by atoms with Crippen LogP contribution in [-0.4, -0.2) is 27.4 Å². The first kappa shape index (κ1) is 8.96. The Hall–Kier alpha value is -2.31. The molecule has 3 rings (SSSR count). The zero-order valence-electron chi connectivity index (χ0n) is 8.45. The molecule has 0 aliphatic carbocycles. The molecule has 3 heterocycles. The maximum Gasteiger partial charge on any atom is 0.257 e. The zero-order valence-corrected chi connectivity index (χ0v) is 8.45. The fourth-order valence-corrected chi connectivity index (χ4v) is 1.70. The Morgan fingerprint density at radius 1 is 1.50 bits per heavy atom. The average Bonchev–Trinajstić information content (AvgIpc) is 2.87. The van der Waals surface area contributed by atoms with Crippen molar-refractivity contribution < 1.29 is 4.79 Å². The number of hydrogen-bond donors (Lipinski definition) is 1. The summed E-state index contributed by atoms with van der Waals surface area (Å²) in [5.74, 6) is -0.201. The molecule has 0 spiro atoms. The molecule has 7 heteroatoms. The number of amides is 1. The van der Waals surface area contributed by atoms with Crippen molar-refractivity contribution in [3.63, 3.8) is 0 Å². The average molecular weight is 216 g/mol. The van der Waals surface area contributed by atoms with E-state index >= 15 is 0 Å². The molecule has 1 unspecified atom stereocenters. The fraction of sp³-hybridized carbons (Fsp3) is 0.222. The van der Waals surface area contributed by atoms with Crippen molar-refractivity contribution in [3.05, 3.63) is 24.2 Å². The minimum Gasteiger partial charge on any atom is -0.330 e. The van der Waals surface area contributed by atoms with Crippen molar-refractivity contribution in [3.8, 4) is 0 Å². The highest BCUT2D eigenvalue weighted by molar-refractivity contribution is 6.34. The van der Waals surface area contributed by atoms with Gasteiger partial charge in [0.25, 0.3) is 5.91 Å². The maximum atomic E-state index is 11.4. The molecule has 0 bridgehead atoms. The van der Waals surface area contributed by atoms with E-state index in [0.29, 0.717) is 5.71 Å². The summed E-state index contributed by atoms with van der Waals surface area (Å²) in [6.45, 7) is 0. The number of carbonyl (C=O) groups excluding carboxylic acids is 1. The molecule has 2 aliphatic rings. The molecule has 0 saturated heterocycles. The van der Waals surface area contributed by atoms with E-state index in [-0.39, 0.29) is 5.91 Å². The number of nitrogens with one attached hydrogen (secondary N) is 1. The van der Waals surface area contributed by atoms with Crippen molar-refractivity contribution in [2.24, 2.45) is 22.5 Å². The number of nitrogens with zero attached hydrogens (tertiary/aromatic N) is 5. The molecule has 1 atom stereocenters. The topological polar surface area (TPSA) is 84.0 Å². The zero-order chi connectivity index (χ0) is 11.1.